The molecule has 2 atom stereocenters. The summed E-state index contributed by atoms with van der Waals surface area (Å²) in [5.74, 6) is -0.137. The molecule has 0 spiro atoms. The summed E-state index contributed by atoms with van der Waals surface area (Å²) in [5, 5.41) is 5.98. The summed E-state index contributed by atoms with van der Waals surface area (Å²) < 4.78 is 18.1. The number of benzene rings is 1. The molecule has 0 fully saturated rings. The molecule has 0 aliphatic heterocycles. The third-order valence-electron chi connectivity index (χ3n) is 5.66. The summed E-state index contributed by atoms with van der Waals surface area (Å²) in [4.78, 5) is 27.2. The van der Waals surface area contributed by atoms with Crippen LogP contribution < -0.4 is 11.1 Å². The quantitative estimate of drug-likeness (QED) is 0.267. The number of carbonyl (C=O) groups is 2. The zero-order valence-corrected chi connectivity index (χ0v) is 23.4. The molecule has 1 heterocycles. The fourth-order valence-corrected chi connectivity index (χ4v) is 4.85. The first-order chi connectivity index (χ1) is 17.1. The normalized spacial score (nSPS) is 13.6. The molecule has 2 aromatic rings. The number of ether oxygens (including phenoxy) is 3. The molecule has 2 amide bonds. The molecule has 8 nitrogen and oxygen atoms in total. The standard InChI is InChI=1S/C27H43N3O5S/c1-7-33-25(34-8-2)19(3)30(17-20-18-36-23-15-10-9-13-21(20)23)24(31)22(28)14-11-12-16-29-26(32)35-27(4,5)6/h9-10,13,15,18-19,22,25H,7-8,11-12,14,16-17,28H2,1-6H3,(H,29,32)/t19-,22+/m1/s1. The van der Waals surface area contributed by atoms with E-state index >= 15 is 0 Å². The van der Waals surface area contributed by atoms with Gasteiger partial charge >= 0.3 is 6.09 Å². The Morgan fingerprint density at radius 2 is 1.78 bits per heavy atom. The van der Waals surface area contributed by atoms with Gasteiger partial charge in [0.05, 0.1) is 12.1 Å². The second-order valence-electron chi connectivity index (χ2n) is 9.77. The van der Waals surface area contributed by atoms with Crippen molar-refractivity contribution in [2.24, 2.45) is 5.73 Å². The minimum atomic E-state index is -0.664. The molecular weight excluding hydrogens is 478 g/mol. The average Bonchev–Trinajstić information content (AvgIpc) is 3.23. The van der Waals surface area contributed by atoms with Crippen LogP contribution in [0.4, 0.5) is 4.79 Å². The van der Waals surface area contributed by atoms with Gasteiger partial charge in [-0.2, -0.15) is 0 Å². The lowest BCUT2D eigenvalue weighted by molar-refractivity contribution is -0.179. The fraction of sp³-hybridized carbons (Fsp3) is 0.630. The fourth-order valence-electron chi connectivity index (χ4n) is 3.89. The number of unbranched alkanes of at least 4 members (excludes halogenated alkanes) is 1. The van der Waals surface area contributed by atoms with E-state index in [2.05, 4.69) is 22.8 Å². The summed E-state index contributed by atoms with van der Waals surface area (Å²) in [6, 6.07) is 7.20. The second kappa shape index (κ2) is 14.5. The zero-order chi connectivity index (χ0) is 26.7. The van der Waals surface area contributed by atoms with Crippen LogP contribution in [0.15, 0.2) is 29.6 Å². The maximum Gasteiger partial charge on any atom is 0.407 e. The number of nitrogens with two attached hydrogens (primary N) is 1. The van der Waals surface area contributed by atoms with Crippen LogP contribution in [0.5, 0.6) is 0 Å². The number of nitrogens with one attached hydrogen (secondary N) is 1. The summed E-state index contributed by atoms with van der Waals surface area (Å²) in [7, 11) is 0. The van der Waals surface area contributed by atoms with Gasteiger partial charge in [0.2, 0.25) is 5.91 Å². The minimum absolute atomic E-state index is 0.137. The summed E-state index contributed by atoms with van der Waals surface area (Å²) in [6.45, 7) is 13.1. The van der Waals surface area contributed by atoms with E-state index in [0.29, 0.717) is 45.6 Å². The lowest BCUT2D eigenvalue weighted by Crippen LogP contribution is -2.52. The van der Waals surface area contributed by atoms with Gasteiger partial charge in [0.1, 0.15) is 5.60 Å². The molecule has 0 saturated carbocycles. The predicted molar refractivity (Wildman–Crippen MR) is 145 cm³/mol. The monoisotopic (exact) mass is 521 g/mol. The molecule has 202 valence electrons. The van der Waals surface area contributed by atoms with Crippen LogP contribution >= 0.6 is 11.3 Å². The van der Waals surface area contributed by atoms with Gasteiger partial charge in [0.15, 0.2) is 6.29 Å². The summed E-state index contributed by atoms with van der Waals surface area (Å²) in [5.41, 5.74) is 6.93. The number of rotatable bonds is 14. The van der Waals surface area contributed by atoms with E-state index in [1.54, 1.807) is 16.2 Å². The Morgan fingerprint density at radius 1 is 1.11 bits per heavy atom. The van der Waals surface area contributed by atoms with Gasteiger partial charge in [-0.25, -0.2) is 4.79 Å². The van der Waals surface area contributed by atoms with Crippen molar-refractivity contribution in [3.63, 3.8) is 0 Å². The van der Waals surface area contributed by atoms with Crippen LogP contribution in [0.1, 0.15) is 66.4 Å². The number of thiophene rings is 1. The molecule has 3 N–H and O–H groups in total. The Balaban J connectivity index is 2.05. The summed E-state index contributed by atoms with van der Waals surface area (Å²) >= 11 is 1.67. The Bertz CT molecular complexity index is 952. The van der Waals surface area contributed by atoms with Crippen LogP contribution in [0.3, 0.4) is 0 Å². The molecule has 0 aliphatic carbocycles. The lowest BCUT2D eigenvalue weighted by atomic mass is 10.1. The van der Waals surface area contributed by atoms with E-state index in [9.17, 15) is 9.59 Å². The predicted octanol–water partition coefficient (Wildman–Crippen LogP) is 5.04. The molecular formula is C27H43N3O5S. The number of carbonyl (C=O) groups excluding carboxylic acids is 2. The number of amides is 2. The number of alkyl carbamates (subject to hydrolysis) is 1. The van der Waals surface area contributed by atoms with E-state index in [4.69, 9.17) is 19.9 Å². The Hall–Kier alpha value is -2.20. The molecule has 36 heavy (non-hydrogen) atoms. The highest BCUT2D eigenvalue weighted by Crippen LogP contribution is 2.28. The lowest BCUT2D eigenvalue weighted by Gasteiger charge is -2.35. The van der Waals surface area contributed by atoms with Crippen molar-refractivity contribution in [3.05, 3.63) is 35.2 Å². The number of nitrogens with zero attached hydrogens (tertiary/aromatic N) is 1. The SMILES string of the molecule is CCOC(OCC)[C@@H](C)N(Cc1csc2ccccc12)C(=O)[C@@H](N)CCCCNC(=O)OC(C)(C)C. The zero-order valence-electron chi connectivity index (χ0n) is 22.5. The van der Waals surface area contributed by atoms with Crippen LogP contribution in [-0.4, -0.2) is 60.6 Å². The van der Waals surface area contributed by atoms with Crippen molar-refractivity contribution in [1.82, 2.24) is 10.2 Å². The van der Waals surface area contributed by atoms with Crippen molar-refractivity contribution in [2.45, 2.75) is 91.3 Å². The molecule has 2 rings (SSSR count). The minimum Gasteiger partial charge on any atom is -0.444 e. The Labute approximate surface area is 219 Å². The van der Waals surface area contributed by atoms with Crippen LogP contribution in [0.2, 0.25) is 0 Å². The third kappa shape index (κ3) is 9.35. The van der Waals surface area contributed by atoms with Gasteiger partial charge in [-0.15, -0.1) is 11.3 Å². The highest BCUT2D eigenvalue weighted by molar-refractivity contribution is 7.17. The Kier molecular flexibility index (Phi) is 12.1. The molecule has 1 aromatic heterocycles. The maximum atomic E-state index is 13.6. The topological polar surface area (TPSA) is 103 Å². The van der Waals surface area contributed by atoms with E-state index in [1.807, 2.05) is 53.7 Å². The van der Waals surface area contributed by atoms with Crippen LogP contribution in [0, 0.1) is 0 Å². The third-order valence-corrected chi connectivity index (χ3v) is 6.67. The van der Waals surface area contributed by atoms with Crippen LogP contribution in [-0.2, 0) is 25.5 Å². The smallest absolute Gasteiger partial charge is 0.407 e. The van der Waals surface area contributed by atoms with Crippen molar-refractivity contribution < 1.29 is 23.8 Å². The average molecular weight is 522 g/mol. The molecule has 0 bridgehead atoms. The van der Waals surface area contributed by atoms with Crippen molar-refractivity contribution in [1.29, 1.82) is 0 Å². The Morgan fingerprint density at radius 3 is 2.42 bits per heavy atom. The first kappa shape index (κ1) is 30.0. The van der Waals surface area contributed by atoms with E-state index < -0.39 is 24.0 Å². The van der Waals surface area contributed by atoms with Crippen molar-refractivity contribution in [3.8, 4) is 0 Å². The van der Waals surface area contributed by atoms with Crippen molar-refractivity contribution >= 4 is 33.4 Å². The maximum absolute atomic E-state index is 13.6. The van der Waals surface area contributed by atoms with Crippen LogP contribution in [0.25, 0.3) is 10.1 Å². The number of fused-ring (bicyclic) bond motifs is 1. The van der Waals surface area contributed by atoms with E-state index in [-0.39, 0.29) is 11.9 Å². The highest BCUT2D eigenvalue weighted by atomic mass is 32.1. The van der Waals surface area contributed by atoms with E-state index in [1.165, 1.54) is 4.70 Å². The molecule has 1 aromatic carbocycles. The van der Waals surface area contributed by atoms with E-state index in [0.717, 1.165) is 10.9 Å². The van der Waals surface area contributed by atoms with Gasteiger partial charge in [-0.3, -0.25) is 4.79 Å². The second-order valence-corrected chi connectivity index (χ2v) is 10.7. The van der Waals surface area contributed by atoms with Gasteiger partial charge in [-0.1, -0.05) is 18.2 Å². The van der Waals surface area contributed by atoms with Gasteiger partial charge < -0.3 is 30.2 Å². The largest absolute Gasteiger partial charge is 0.444 e. The molecule has 0 aliphatic rings. The number of hydrogen-bond acceptors (Lipinski definition) is 7. The van der Waals surface area contributed by atoms with Crippen molar-refractivity contribution in [2.75, 3.05) is 19.8 Å². The highest BCUT2D eigenvalue weighted by Gasteiger charge is 2.31. The summed E-state index contributed by atoms with van der Waals surface area (Å²) in [6.07, 6.45) is 0.928. The molecule has 0 saturated heterocycles. The first-order valence-electron chi connectivity index (χ1n) is 12.8. The molecule has 9 heteroatoms. The molecule has 0 unspecified atom stereocenters. The molecule has 0 radical (unpaired) electrons. The first-order valence-corrected chi connectivity index (χ1v) is 13.7. The van der Waals surface area contributed by atoms with Gasteiger partial charge in [0, 0.05) is 31.0 Å². The van der Waals surface area contributed by atoms with Gasteiger partial charge in [-0.05, 0) is 83.2 Å². The number of hydrogen-bond donors (Lipinski definition) is 2. The van der Waals surface area contributed by atoms with Gasteiger partial charge in [0.25, 0.3) is 0 Å².